The van der Waals surface area contributed by atoms with Crippen molar-refractivity contribution < 1.29 is 9.18 Å². The molecule has 0 unspecified atom stereocenters. The zero-order valence-electron chi connectivity index (χ0n) is 8.76. The summed E-state index contributed by atoms with van der Waals surface area (Å²) in [5, 5.41) is 2.19. The highest BCUT2D eigenvalue weighted by Gasteiger charge is 2.20. The van der Waals surface area contributed by atoms with E-state index in [-0.39, 0.29) is 15.8 Å². The summed E-state index contributed by atoms with van der Waals surface area (Å²) in [6, 6.07) is 4.62. The summed E-state index contributed by atoms with van der Waals surface area (Å²) in [7, 11) is 0. The van der Waals surface area contributed by atoms with Crippen molar-refractivity contribution in [1.29, 1.82) is 0 Å². The third-order valence-corrected chi connectivity index (χ3v) is 4.61. The number of aryl methyl sites for hydroxylation is 1. The second-order valence-electron chi connectivity index (χ2n) is 3.49. The minimum atomic E-state index is -0.556. The first kappa shape index (κ1) is 12.7. The molecule has 0 amide bonds. The molecule has 0 saturated heterocycles. The number of carbonyl (C=O) groups excluding carboxylic acids is 1. The molecule has 0 fully saturated rings. The van der Waals surface area contributed by atoms with Crippen molar-refractivity contribution in [1.82, 2.24) is 0 Å². The fourth-order valence-corrected chi connectivity index (χ4v) is 2.98. The molecule has 1 aromatic carbocycles. The van der Waals surface area contributed by atoms with E-state index in [0.29, 0.717) is 9.90 Å². The van der Waals surface area contributed by atoms with Gasteiger partial charge in [-0.25, -0.2) is 4.39 Å². The van der Waals surface area contributed by atoms with Crippen LogP contribution in [0.15, 0.2) is 28.1 Å². The first-order chi connectivity index (χ1) is 8.02. The van der Waals surface area contributed by atoms with Gasteiger partial charge in [-0.1, -0.05) is 17.7 Å². The summed E-state index contributed by atoms with van der Waals surface area (Å²) in [6.07, 6.45) is 0. The molecule has 0 spiro atoms. The molecule has 17 heavy (non-hydrogen) atoms. The third kappa shape index (κ3) is 2.30. The Morgan fingerprint density at radius 2 is 2.18 bits per heavy atom. The van der Waals surface area contributed by atoms with Gasteiger partial charge in [-0.2, -0.15) is 0 Å². The number of hydrogen-bond acceptors (Lipinski definition) is 2. The first-order valence-corrected chi connectivity index (χ1v) is 6.79. The van der Waals surface area contributed by atoms with Crippen LogP contribution in [0.3, 0.4) is 0 Å². The molecule has 88 valence electrons. The largest absolute Gasteiger partial charge is 0.288 e. The van der Waals surface area contributed by atoms with Crippen molar-refractivity contribution in [3.8, 4) is 0 Å². The fourth-order valence-electron chi connectivity index (χ4n) is 1.38. The minimum Gasteiger partial charge on any atom is -0.288 e. The van der Waals surface area contributed by atoms with Gasteiger partial charge in [0.25, 0.3) is 0 Å². The van der Waals surface area contributed by atoms with E-state index < -0.39 is 5.82 Å². The average Bonchev–Trinajstić information content (AvgIpc) is 2.63. The Bertz CT molecular complexity index is 594. The summed E-state index contributed by atoms with van der Waals surface area (Å²) in [5.74, 6) is -0.938. The lowest BCUT2D eigenvalue weighted by Crippen LogP contribution is -2.03. The average molecular weight is 334 g/mol. The molecule has 0 atom stereocenters. The van der Waals surface area contributed by atoms with Gasteiger partial charge in [0, 0.05) is 0 Å². The van der Waals surface area contributed by atoms with Gasteiger partial charge in [0.2, 0.25) is 5.78 Å². The number of hydrogen-bond donors (Lipinski definition) is 0. The van der Waals surface area contributed by atoms with E-state index in [1.165, 1.54) is 17.4 Å². The Kier molecular flexibility index (Phi) is 3.66. The van der Waals surface area contributed by atoms with Crippen LogP contribution >= 0.6 is 38.9 Å². The maximum absolute atomic E-state index is 13.8. The lowest BCUT2D eigenvalue weighted by atomic mass is 10.1. The number of benzene rings is 1. The van der Waals surface area contributed by atoms with Gasteiger partial charge in [-0.15, -0.1) is 11.3 Å². The van der Waals surface area contributed by atoms with Crippen molar-refractivity contribution in [2.45, 2.75) is 6.92 Å². The summed E-state index contributed by atoms with van der Waals surface area (Å²) < 4.78 is 14.0. The lowest BCUT2D eigenvalue weighted by Gasteiger charge is -2.02. The molecule has 0 aliphatic rings. The van der Waals surface area contributed by atoms with Gasteiger partial charge < -0.3 is 0 Å². The fraction of sp³-hybridized carbons (Fsp3) is 0.0833. The maximum atomic E-state index is 13.8. The summed E-state index contributed by atoms with van der Waals surface area (Å²) in [6.45, 7) is 1.81. The topological polar surface area (TPSA) is 17.1 Å². The lowest BCUT2D eigenvalue weighted by molar-refractivity contribution is 0.103. The Hall–Kier alpha value is -0.710. The van der Waals surface area contributed by atoms with Crippen LogP contribution in [0, 0.1) is 12.7 Å². The van der Waals surface area contributed by atoms with Crippen molar-refractivity contribution in [3.05, 3.63) is 54.9 Å². The van der Waals surface area contributed by atoms with E-state index in [0.717, 1.165) is 5.56 Å². The van der Waals surface area contributed by atoms with Crippen LogP contribution in [0.25, 0.3) is 0 Å². The number of ketones is 1. The van der Waals surface area contributed by atoms with E-state index in [4.69, 9.17) is 11.6 Å². The van der Waals surface area contributed by atoms with Gasteiger partial charge >= 0.3 is 0 Å². The number of carbonyl (C=O) groups is 1. The van der Waals surface area contributed by atoms with Gasteiger partial charge in [0.15, 0.2) is 0 Å². The van der Waals surface area contributed by atoms with Gasteiger partial charge in [-0.05, 0) is 45.9 Å². The minimum absolute atomic E-state index is 0.0307. The van der Waals surface area contributed by atoms with Gasteiger partial charge in [0.05, 0.1) is 19.9 Å². The van der Waals surface area contributed by atoms with Crippen LogP contribution in [0.2, 0.25) is 5.02 Å². The third-order valence-electron chi connectivity index (χ3n) is 2.30. The number of thiophene rings is 1. The molecular formula is C12H7BrClFOS. The Labute approximate surface area is 115 Å². The molecule has 0 aliphatic carbocycles. The Morgan fingerprint density at radius 1 is 1.47 bits per heavy atom. The molecule has 2 aromatic rings. The van der Waals surface area contributed by atoms with E-state index in [2.05, 4.69) is 15.9 Å². The maximum Gasteiger partial charge on any atom is 0.207 e. The second-order valence-corrected chi connectivity index (χ2v) is 5.60. The molecule has 0 bridgehead atoms. The number of rotatable bonds is 2. The van der Waals surface area contributed by atoms with Gasteiger partial charge in [0.1, 0.15) is 5.82 Å². The molecule has 1 nitrogen and oxygen atoms in total. The highest BCUT2D eigenvalue weighted by atomic mass is 79.9. The van der Waals surface area contributed by atoms with Crippen molar-refractivity contribution in [2.24, 2.45) is 0 Å². The first-order valence-electron chi connectivity index (χ1n) is 4.74. The molecule has 0 aliphatic heterocycles. The van der Waals surface area contributed by atoms with Crippen LogP contribution in [0.5, 0.6) is 0 Å². The zero-order valence-corrected chi connectivity index (χ0v) is 11.9. The number of halogens is 3. The highest BCUT2D eigenvalue weighted by molar-refractivity contribution is 9.10. The SMILES string of the molecule is Cc1csc(C(=O)c2cccc(Br)c2F)c1Cl. The Morgan fingerprint density at radius 3 is 2.76 bits per heavy atom. The monoisotopic (exact) mass is 332 g/mol. The molecular weight excluding hydrogens is 327 g/mol. The zero-order chi connectivity index (χ0) is 12.6. The van der Waals surface area contributed by atoms with Crippen LogP contribution < -0.4 is 0 Å². The smallest absolute Gasteiger partial charge is 0.207 e. The molecule has 2 rings (SSSR count). The van der Waals surface area contributed by atoms with Crippen molar-refractivity contribution >= 4 is 44.7 Å². The van der Waals surface area contributed by atoms with Crippen LogP contribution in [-0.4, -0.2) is 5.78 Å². The van der Waals surface area contributed by atoms with E-state index in [1.807, 2.05) is 6.92 Å². The highest BCUT2D eigenvalue weighted by Crippen LogP contribution is 2.30. The molecule has 5 heteroatoms. The standard InChI is InChI=1S/C12H7BrClFOS/c1-6-5-17-12(9(6)14)11(16)7-3-2-4-8(13)10(7)15/h2-5H,1H3. The molecule has 1 aromatic heterocycles. The van der Waals surface area contributed by atoms with E-state index >= 15 is 0 Å². The predicted molar refractivity (Wildman–Crippen MR) is 71.6 cm³/mol. The summed E-state index contributed by atoms with van der Waals surface area (Å²) >= 11 is 10.3. The summed E-state index contributed by atoms with van der Waals surface area (Å²) in [5.41, 5.74) is 0.860. The van der Waals surface area contributed by atoms with E-state index in [1.54, 1.807) is 17.5 Å². The van der Waals surface area contributed by atoms with E-state index in [9.17, 15) is 9.18 Å². The van der Waals surface area contributed by atoms with Crippen LogP contribution in [0.1, 0.15) is 20.8 Å². The van der Waals surface area contributed by atoms with Crippen molar-refractivity contribution in [3.63, 3.8) is 0 Å². The second kappa shape index (κ2) is 4.88. The normalized spacial score (nSPS) is 10.6. The molecule has 0 radical (unpaired) electrons. The quantitative estimate of drug-likeness (QED) is 0.719. The summed E-state index contributed by atoms with van der Waals surface area (Å²) in [4.78, 5) is 12.5. The molecule has 1 heterocycles. The predicted octanol–water partition coefficient (Wildman–Crippen LogP) is 4.84. The van der Waals surface area contributed by atoms with Gasteiger partial charge in [-0.3, -0.25) is 4.79 Å². The molecule has 0 N–H and O–H groups in total. The molecule has 0 saturated carbocycles. The Balaban J connectivity index is 2.51. The van der Waals surface area contributed by atoms with Crippen LogP contribution in [-0.2, 0) is 0 Å². The van der Waals surface area contributed by atoms with Crippen molar-refractivity contribution in [2.75, 3.05) is 0 Å². The van der Waals surface area contributed by atoms with Crippen LogP contribution in [0.4, 0.5) is 4.39 Å².